The van der Waals surface area contributed by atoms with Crippen molar-refractivity contribution in [3.8, 4) is 0 Å². The van der Waals surface area contributed by atoms with Gasteiger partial charge >= 0.3 is 0 Å². The molecular formula is C21H19N5. The Morgan fingerprint density at radius 2 is 1.73 bits per heavy atom. The van der Waals surface area contributed by atoms with Crippen LogP contribution in [0.1, 0.15) is 36.4 Å². The summed E-state index contributed by atoms with van der Waals surface area (Å²) in [5, 5.41) is 15.8. The molecule has 1 aliphatic heterocycles. The van der Waals surface area contributed by atoms with E-state index in [0.717, 1.165) is 19.3 Å². The summed E-state index contributed by atoms with van der Waals surface area (Å²) in [5.74, 6) is 0.707. The Hall–Kier alpha value is -3.21. The van der Waals surface area contributed by atoms with Gasteiger partial charge < -0.3 is 5.32 Å². The number of allylic oxidation sites excluding steroid dienone is 2. The summed E-state index contributed by atoms with van der Waals surface area (Å²) in [4.78, 5) is 0. The minimum atomic E-state index is 0.0527. The average molecular weight is 341 g/mol. The van der Waals surface area contributed by atoms with Crippen LogP contribution < -0.4 is 5.32 Å². The van der Waals surface area contributed by atoms with Crippen molar-refractivity contribution in [3.63, 3.8) is 0 Å². The summed E-state index contributed by atoms with van der Waals surface area (Å²) in [7, 11) is 0. The molecule has 0 saturated heterocycles. The first-order valence-electron chi connectivity index (χ1n) is 8.99. The number of fused-ring (bicyclic) bond motifs is 1. The van der Waals surface area contributed by atoms with Crippen LogP contribution in [0.25, 0.3) is 6.08 Å². The van der Waals surface area contributed by atoms with E-state index in [1.54, 1.807) is 0 Å². The number of hydrogen-bond acceptors (Lipinski definition) is 4. The summed E-state index contributed by atoms with van der Waals surface area (Å²) in [6.07, 6.45) is 5.53. The monoisotopic (exact) mass is 341 g/mol. The van der Waals surface area contributed by atoms with Crippen molar-refractivity contribution in [3.05, 3.63) is 88.6 Å². The van der Waals surface area contributed by atoms with Crippen molar-refractivity contribution < 1.29 is 0 Å². The third-order valence-corrected chi connectivity index (χ3v) is 5.09. The molecule has 5 heteroatoms. The van der Waals surface area contributed by atoms with E-state index in [9.17, 15) is 0 Å². The molecule has 0 spiro atoms. The van der Waals surface area contributed by atoms with Gasteiger partial charge in [0.25, 0.3) is 0 Å². The number of hydrogen-bond donors (Lipinski definition) is 1. The maximum absolute atomic E-state index is 4.25. The van der Waals surface area contributed by atoms with Gasteiger partial charge in [-0.05, 0) is 58.0 Å². The van der Waals surface area contributed by atoms with Crippen molar-refractivity contribution in [1.29, 1.82) is 0 Å². The van der Waals surface area contributed by atoms with Crippen molar-refractivity contribution in [2.75, 3.05) is 5.32 Å². The fraction of sp³-hybridized carbons (Fsp3) is 0.190. The Balaban J connectivity index is 1.66. The molecule has 2 aromatic carbocycles. The smallest absolute Gasteiger partial charge is 0.248 e. The molecule has 3 aromatic rings. The maximum atomic E-state index is 4.25. The first-order valence-corrected chi connectivity index (χ1v) is 8.99. The van der Waals surface area contributed by atoms with E-state index in [1.807, 2.05) is 16.8 Å². The SMILES string of the molecule is C(=C1\CCCC2=C1Nc1nnnn1C2c1ccccc1)/c1ccccc1. The van der Waals surface area contributed by atoms with Gasteiger partial charge in [-0.1, -0.05) is 65.8 Å². The molecule has 5 nitrogen and oxygen atoms in total. The van der Waals surface area contributed by atoms with Crippen molar-refractivity contribution in [1.82, 2.24) is 20.2 Å². The van der Waals surface area contributed by atoms with Crippen LogP contribution in [-0.2, 0) is 0 Å². The quantitative estimate of drug-likeness (QED) is 0.758. The lowest BCUT2D eigenvalue weighted by Gasteiger charge is -2.34. The second kappa shape index (κ2) is 6.26. The minimum absolute atomic E-state index is 0.0527. The summed E-state index contributed by atoms with van der Waals surface area (Å²) in [6, 6.07) is 21.0. The summed E-state index contributed by atoms with van der Waals surface area (Å²) >= 11 is 0. The molecule has 2 heterocycles. The molecule has 1 aliphatic carbocycles. The van der Waals surface area contributed by atoms with E-state index in [-0.39, 0.29) is 6.04 Å². The van der Waals surface area contributed by atoms with Gasteiger partial charge in [-0.25, -0.2) is 0 Å². The van der Waals surface area contributed by atoms with Crippen molar-refractivity contribution >= 4 is 12.0 Å². The molecule has 0 saturated carbocycles. The number of benzene rings is 2. The van der Waals surface area contributed by atoms with E-state index in [1.165, 1.54) is 28.0 Å². The lowest BCUT2D eigenvalue weighted by molar-refractivity contribution is 0.524. The number of aromatic nitrogens is 4. The van der Waals surface area contributed by atoms with Crippen LogP contribution in [0.15, 0.2) is 77.5 Å². The molecule has 1 atom stereocenters. The Morgan fingerprint density at radius 3 is 2.54 bits per heavy atom. The fourth-order valence-corrected chi connectivity index (χ4v) is 3.94. The Labute approximate surface area is 152 Å². The molecule has 1 aromatic heterocycles. The second-order valence-electron chi connectivity index (χ2n) is 6.72. The van der Waals surface area contributed by atoms with Gasteiger partial charge in [0.2, 0.25) is 5.95 Å². The number of anilines is 1. The predicted octanol–water partition coefficient (Wildman–Crippen LogP) is 4.21. The molecule has 128 valence electrons. The zero-order valence-electron chi connectivity index (χ0n) is 14.3. The zero-order chi connectivity index (χ0) is 17.3. The normalized spacial score (nSPS) is 20.5. The van der Waals surface area contributed by atoms with Gasteiger partial charge in [0, 0.05) is 5.70 Å². The number of nitrogens with zero attached hydrogens (tertiary/aromatic N) is 4. The van der Waals surface area contributed by atoms with E-state index < -0.39 is 0 Å². The van der Waals surface area contributed by atoms with Crippen LogP contribution in [0.2, 0.25) is 0 Å². The highest BCUT2D eigenvalue weighted by Gasteiger charge is 2.33. The third-order valence-electron chi connectivity index (χ3n) is 5.09. The highest BCUT2D eigenvalue weighted by Crippen LogP contribution is 2.43. The van der Waals surface area contributed by atoms with Crippen LogP contribution in [0.4, 0.5) is 5.95 Å². The van der Waals surface area contributed by atoms with Gasteiger partial charge in [-0.15, -0.1) is 0 Å². The van der Waals surface area contributed by atoms with Gasteiger partial charge in [0.1, 0.15) is 6.04 Å². The number of rotatable bonds is 2. The Kier molecular flexibility index (Phi) is 3.63. The minimum Gasteiger partial charge on any atom is -0.323 e. The summed E-state index contributed by atoms with van der Waals surface area (Å²) < 4.78 is 1.90. The highest BCUT2D eigenvalue weighted by molar-refractivity contribution is 5.65. The molecule has 0 amide bonds. The predicted molar refractivity (Wildman–Crippen MR) is 101 cm³/mol. The van der Waals surface area contributed by atoms with Crippen LogP contribution in [-0.4, -0.2) is 20.2 Å². The van der Waals surface area contributed by atoms with Crippen LogP contribution in [0, 0.1) is 0 Å². The maximum Gasteiger partial charge on any atom is 0.248 e. The molecule has 26 heavy (non-hydrogen) atoms. The van der Waals surface area contributed by atoms with Crippen LogP contribution >= 0.6 is 0 Å². The third kappa shape index (κ3) is 2.52. The summed E-state index contributed by atoms with van der Waals surface area (Å²) in [5.41, 5.74) is 6.32. The lowest BCUT2D eigenvalue weighted by Crippen LogP contribution is -2.28. The van der Waals surface area contributed by atoms with Crippen LogP contribution in [0.5, 0.6) is 0 Å². The Morgan fingerprint density at radius 1 is 0.962 bits per heavy atom. The first kappa shape index (κ1) is 15.1. The average Bonchev–Trinajstić information content (AvgIpc) is 3.16. The highest BCUT2D eigenvalue weighted by atomic mass is 15.6. The van der Waals surface area contributed by atoms with Gasteiger partial charge in [0.05, 0.1) is 0 Å². The standard InChI is InChI=1S/C21H19N5/c1-3-8-15(9-4-1)14-17-12-7-13-18-19(17)22-21-23-24-25-26(21)20(18)16-10-5-2-6-11-16/h1-6,8-11,14,20H,7,12-13H2,(H,22,23,25)/b17-14-. The van der Waals surface area contributed by atoms with Gasteiger partial charge in [-0.3, -0.25) is 0 Å². The molecule has 0 fully saturated rings. The second-order valence-corrected chi connectivity index (χ2v) is 6.72. The molecular weight excluding hydrogens is 322 g/mol. The summed E-state index contributed by atoms with van der Waals surface area (Å²) in [6.45, 7) is 0. The van der Waals surface area contributed by atoms with E-state index in [2.05, 4.69) is 75.4 Å². The van der Waals surface area contributed by atoms with E-state index >= 15 is 0 Å². The fourth-order valence-electron chi connectivity index (χ4n) is 3.94. The van der Waals surface area contributed by atoms with Crippen LogP contribution in [0.3, 0.4) is 0 Å². The number of tetrazole rings is 1. The van der Waals surface area contributed by atoms with Gasteiger partial charge in [0.15, 0.2) is 0 Å². The number of nitrogens with one attached hydrogen (secondary N) is 1. The van der Waals surface area contributed by atoms with E-state index in [0.29, 0.717) is 5.95 Å². The molecule has 2 aliphatic rings. The molecule has 1 N–H and O–H groups in total. The molecule has 0 bridgehead atoms. The molecule has 5 rings (SSSR count). The van der Waals surface area contributed by atoms with Crippen molar-refractivity contribution in [2.24, 2.45) is 0 Å². The topological polar surface area (TPSA) is 55.6 Å². The largest absolute Gasteiger partial charge is 0.323 e. The van der Waals surface area contributed by atoms with Crippen molar-refractivity contribution in [2.45, 2.75) is 25.3 Å². The Bertz CT molecular complexity index is 986. The lowest BCUT2D eigenvalue weighted by atomic mass is 9.83. The van der Waals surface area contributed by atoms with E-state index in [4.69, 9.17) is 0 Å². The van der Waals surface area contributed by atoms with Gasteiger partial charge in [-0.2, -0.15) is 4.68 Å². The molecule has 0 radical (unpaired) electrons. The molecule has 1 unspecified atom stereocenters. The zero-order valence-corrected chi connectivity index (χ0v) is 14.3. The first-order chi connectivity index (χ1) is 12.9.